The van der Waals surface area contributed by atoms with Crippen molar-refractivity contribution in [3.8, 4) is 0 Å². The standard InChI is InChI=1S/C17H20FN3O2/c1-3-19-6-8-20(9-7-19)17(23)15-11-21(12(2)22)16-10-13(18)4-5-14(15)16/h4-5,10-11H,3,6-9H2,1-2H3. The molecule has 1 aliphatic rings. The molecule has 6 heteroatoms. The molecular formula is C17H20FN3O2. The third-order valence-electron chi connectivity index (χ3n) is 4.44. The Morgan fingerprint density at radius 3 is 2.48 bits per heavy atom. The number of piperazine rings is 1. The van der Waals surface area contributed by atoms with Crippen LogP contribution in [-0.2, 0) is 0 Å². The van der Waals surface area contributed by atoms with E-state index in [9.17, 15) is 14.0 Å². The minimum absolute atomic E-state index is 0.0997. The zero-order valence-corrected chi connectivity index (χ0v) is 13.4. The number of halogens is 1. The topological polar surface area (TPSA) is 45.5 Å². The Morgan fingerprint density at radius 2 is 1.87 bits per heavy atom. The lowest BCUT2D eigenvalue weighted by Gasteiger charge is -2.34. The van der Waals surface area contributed by atoms with Crippen LogP contribution >= 0.6 is 0 Å². The van der Waals surface area contributed by atoms with Gasteiger partial charge in [-0.25, -0.2) is 4.39 Å². The molecular weight excluding hydrogens is 297 g/mol. The van der Waals surface area contributed by atoms with E-state index < -0.39 is 5.82 Å². The molecule has 1 aromatic carbocycles. The van der Waals surface area contributed by atoms with Crippen LogP contribution in [0.2, 0.25) is 0 Å². The molecule has 0 saturated carbocycles. The van der Waals surface area contributed by atoms with Crippen molar-refractivity contribution in [3.63, 3.8) is 0 Å². The summed E-state index contributed by atoms with van der Waals surface area (Å²) in [6, 6.07) is 4.18. The van der Waals surface area contributed by atoms with Crippen LogP contribution in [0.3, 0.4) is 0 Å². The van der Waals surface area contributed by atoms with Gasteiger partial charge in [-0.15, -0.1) is 0 Å². The SMILES string of the molecule is CCN1CCN(C(=O)c2cn(C(C)=O)c3cc(F)ccc23)CC1. The quantitative estimate of drug-likeness (QED) is 0.853. The molecule has 0 atom stereocenters. The van der Waals surface area contributed by atoms with Crippen LogP contribution in [0.5, 0.6) is 0 Å². The maximum Gasteiger partial charge on any atom is 0.256 e. The zero-order valence-electron chi connectivity index (χ0n) is 13.4. The van der Waals surface area contributed by atoms with E-state index in [-0.39, 0.29) is 11.8 Å². The van der Waals surface area contributed by atoms with Gasteiger partial charge in [0.2, 0.25) is 5.91 Å². The van der Waals surface area contributed by atoms with Crippen molar-refractivity contribution < 1.29 is 14.0 Å². The number of nitrogens with zero attached hydrogens (tertiary/aromatic N) is 3. The number of hydrogen-bond acceptors (Lipinski definition) is 3. The molecule has 3 rings (SSSR count). The van der Waals surface area contributed by atoms with E-state index in [2.05, 4.69) is 11.8 Å². The summed E-state index contributed by atoms with van der Waals surface area (Å²) >= 11 is 0. The summed E-state index contributed by atoms with van der Waals surface area (Å²) in [6.45, 7) is 7.52. The van der Waals surface area contributed by atoms with Gasteiger partial charge in [-0.05, 0) is 24.7 Å². The van der Waals surface area contributed by atoms with E-state index in [4.69, 9.17) is 0 Å². The Kier molecular flexibility index (Phi) is 4.17. The lowest BCUT2D eigenvalue weighted by molar-refractivity contribution is 0.0645. The first-order valence-electron chi connectivity index (χ1n) is 7.84. The van der Waals surface area contributed by atoms with Gasteiger partial charge < -0.3 is 9.80 Å². The molecule has 5 nitrogen and oxygen atoms in total. The number of likely N-dealkylation sites (N-methyl/N-ethyl adjacent to an activating group) is 1. The molecule has 0 bridgehead atoms. The van der Waals surface area contributed by atoms with Gasteiger partial charge in [-0.2, -0.15) is 0 Å². The molecule has 2 heterocycles. The fourth-order valence-corrected chi connectivity index (χ4v) is 3.07. The number of fused-ring (bicyclic) bond motifs is 1. The number of rotatable bonds is 2. The maximum atomic E-state index is 13.5. The summed E-state index contributed by atoms with van der Waals surface area (Å²) in [5.41, 5.74) is 0.896. The van der Waals surface area contributed by atoms with Crippen molar-refractivity contribution >= 4 is 22.7 Å². The molecule has 23 heavy (non-hydrogen) atoms. The first kappa shape index (κ1) is 15.7. The monoisotopic (exact) mass is 317 g/mol. The zero-order chi connectivity index (χ0) is 16.6. The molecule has 0 spiro atoms. The normalized spacial score (nSPS) is 16.0. The highest BCUT2D eigenvalue weighted by molar-refractivity contribution is 6.09. The Bertz CT molecular complexity index is 761. The molecule has 1 fully saturated rings. The first-order chi connectivity index (χ1) is 11.0. The van der Waals surface area contributed by atoms with Crippen LogP contribution < -0.4 is 0 Å². The average Bonchev–Trinajstić information content (AvgIpc) is 2.93. The molecule has 122 valence electrons. The van der Waals surface area contributed by atoms with Crippen molar-refractivity contribution in [1.29, 1.82) is 0 Å². The molecule has 0 aliphatic carbocycles. The fraction of sp³-hybridized carbons (Fsp3) is 0.412. The van der Waals surface area contributed by atoms with Gasteiger partial charge in [0.15, 0.2) is 0 Å². The number of benzene rings is 1. The first-order valence-corrected chi connectivity index (χ1v) is 7.84. The predicted octanol–water partition coefficient (Wildman–Crippen LogP) is 2.22. The highest BCUT2D eigenvalue weighted by Gasteiger charge is 2.25. The number of amides is 1. The van der Waals surface area contributed by atoms with Crippen molar-refractivity contribution in [1.82, 2.24) is 14.4 Å². The molecule has 0 unspecified atom stereocenters. The maximum absolute atomic E-state index is 13.5. The Labute approximate surface area is 134 Å². The number of aromatic nitrogens is 1. The lowest BCUT2D eigenvalue weighted by Crippen LogP contribution is -2.48. The van der Waals surface area contributed by atoms with Gasteiger partial charge in [0.1, 0.15) is 5.82 Å². The Hall–Kier alpha value is -2.21. The summed E-state index contributed by atoms with van der Waals surface area (Å²) in [5, 5.41) is 0.615. The van der Waals surface area contributed by atoms with E-state index in [1.165, 1.54) is 29.8 Å². The highest BCUT2D eigenvalue weighted by Crippen LogP contribution is 2.24. The number of carbonyl (C=O) groups is 2. The molecule has 0 N–H and O–H groups in total. The van der Waals surface area contributed by atoms with Crippen molar-refractivity contribution in [2.75, 3.05) is 32.7 Å². The smallest absolute Gasteiger partial charge is 0.256 e. The second-order valence-corrected chi connectivity index (χ2v) is 5.82. The van der Waals surface area contributed by atoms with Crippen LogP contribution in [0, 0.1) is 5.82 Å². The van der Waals surface area contributed by atoms with Crippen molar-refractivity contribution in [2.24, 2.45) is 0 Å². The molecule has 2 aromatic rings. The van der Waals surface area contributed by atoms with Crippen molar-refractivity contribution in [2.45, 2.75) is 13.8 Å². The van der Waals surface area contributed by atoms with Crippen LogP contribution in [-0.4, -0.2) is 58.9 Å². The van der Waals surface area contributed by atoms with E-state index in [1.807, 2.05) is 0 Å². The fourth-order valence-electron chi connectivity index (χ4n) is 3.07. The van der Waals surface area contributed by atoms with Crippen LogP contribution in [0.25, 0.3) is 10.9 Å². The van der Waals surface area contributed by atoms with Crippen LogP contribution in [0.1, 0.15) is 29.0 Å². The summed E-state index contributed by atoms with van der Waals surface area (Å²) in [6.07, 6.45) is 1.53. The van der Waals surface area contributed by atoms with Crippen LogP contribution in [0.15, 0.2) is 24.4 Å². The Morgan fingerprint density at radius 1 is 1.17 bits per heavy atom. The largest absolute Gasteiger partial charge is 0.336 e. The summed E-state index contributed by atoms with van der Waals surface area (Å²) in [5.74, 6) is -0.763. The molecule has 1 amide bonds. The number of hydrogen-bond donors (Lipinski definition) is 0. The molecule has 0 radical (unpaired) electrons. The highest BCUT2D eigenvalue weighted by atomic mass is 19.1. The van der Waals surface area contributed by atoms with E-state index in [0.29, 0.717) is 29.6 Å². The van der Waals surface area contributed by atoms with E-state index in [0.717, 1.165) is 19.6 Å². The summed E-state index contributed by atoms with van der Waals surface area (Å²) in [4.78, 5) is 28.7. The van der Waals surface area contributed by atoms with Gasteiger partial charge >= 0.3 is 0 Å². The lowest BCUT2D eigenvalue weighted by atomic mass is 10.1. The second kappa shape index (κ2) is 6.12. The van der Waals surface area contributed by atoms with Gasteiger partial charge in [0.05, 0.1) is 11.1 Å². The minimum atomic E-state index is -0.423. The Balaban J connectivity index is 1.96. The van der Waals surface area contributed by atoms with Gasteiger partial charge in [0, 0.05) is 44.7 Å². The average molecular weight is 317 g/mol. The second-order valence-electron chi connectivity index (χ2n) is 5.82. The number of carbonyl (C=O) groups excluding carboxylic acids is 2. The third-order valence-corrected chi connectivity index (χ3v) is 4.44. The molecule has 1 aromatic heterocycles. The molecule has 1 saturated heterocycles. The van der Waals surface area contributed by atoms with Gasteiger partial charge in [-0.3, -0.25) is 14.2 Å². The van der Waals surface area contributed by atoms with Crippen molar-refractivity contribution in [3.05, 3.63) is 35.8 Å². The van der Waals surface area contributed by atoms with Crippen LogP contribution in [0.4, 0.5) is 4.39 Å². The third kappa shape index (κ3) is 2.86. The summed E-state index contributed by atoms with van der Waals surface area (Å²) in [7, 11) is 0. The minimum Gasteiger partial charge on any atom is -0.336 e. The molecule has 1 aliphatic heterocycles. The summed E-state index contributed by atoms with van der Waals surface area (Å²) < 4.78 is 14.8. The van der Waals surface area contributed by atoms with Gasteiger partial charge in [0.25, 0.3) is 5.91 Å². The van der Waals surface area contributed by atoms with Gasteiger partial charge in [-0.1, -0.05) is 6.92 Å². The predicted molar refractivity (Wildman–Crippen MR) is 86.2 cm³/mol. The van der Waals surface area contributed by atoms with E-state index >= 15 is 0 Å². The van der Waals surface area contributed by atoms with E-state index in [1.54, 1.807) is 11.0 Å².